The predicted molar refractivity (Wildman–Crippen MR) is 72.7 cm³/mol. The molecule has 0 radical (unpaired) electrons. The van der Waals surface area contributed by atoms with Crippen molar-refractivity contribution in [3.8, 4) is 0 Å². The molecule has 0 atom stereocenters. The van der Waals surface area contributed by atoms with E-state index in [-0.39, 0.29) is 11.7 Å². The molecule has 0 aliphatic rings. The third-order valence-corrected chi connectivity index (χ3v) is 3.07. The number of nitrogens with one attached hydrogen (secondary N) is 1. The highest BCUT2D eigenvalue weighted by atomic mass is 32.2. The summed E-state index contributed by atoms with van der Waals surface area (Å²) < 4.78 is 22.6. The molecular weight excluding hydrogens is 250 g/mol. The lowest BCUT2D eigenvalue weighted by Crippen LogP contribution is -2.19. The number of carbonyl (C=O) groups excluding carboxylic acids is 1. The maximum absolute atomic E-state index is 11.3. The van der Waals surface area contributed by atoms with Crippen LogP contribution in [0.4, 0.5) is 0 Å². The Labute approximate surface area is 108 Å². The number of hydrogen-bond donors (Lipinski definition) is 1. The number of carbonyl (C=O) groups is 1. The maximum atomic E-state index is 11.3. The molecule has 5 heteroatoms. The summed E-state index contributed by atoms with van der Waals surface area (Å²) >= 11 is 0. The highest BCUT2D eigenvalue weighted by Gasteiger charge is 2.06. The summed E-state index contributed by atoms with van der Waals surface area (Å²) in [5, 5.41) is 2.64. The number of amides is 1. The van der Waals surface area contributed by atoms with E-state index in [4.69, 9.17) is 0 Å². The summed E-state index contributed by atoms with van der Waals surface area (Å²) in [5.74, 6) is -0.0720. The van der Waals surface area contributed by atoms with Gasteiger partial charge in [-0.25, -0.2) is 8.42 Å². The third kappa shape index (κ3) is 5.63. The van der Waals surface area contributed by atoms with Crippen molar-refractivity contribution in [1.29, 1.82) is 0 Å². The first kappa shape index (κ1) is 14.4. The zero-order valence-corrected chi connectivity index (χ0v) is 11.3. The third-order valence-electron chi connectivity index (χ3n) is 2.24. The van der Waals surface area contributed by atoms with Crippen LogP contribution in [0.2, 0.25) is 0 Å². The molecule has 98 valence electrons. The van der Waals surface area contributed by atoms with Gasteiger partial charge < -0.3 is 5.32 Å². The minimum Gasteiger partial charge on any atom is -0.353 e. The van der Waals surface area contributed by atoms with E-state index >= 15 is 0 Å². The average Bonchev–Trinajstić information content (AvgIpc) is 2.24. The van der Waals surface area contributed by atoms with Gasteiger partial charge in [0.2, 0.25) is 5.91 Å². The lowest BCUT2D eigenvalue weighted by Gasteiger charge is -2.04. The van der Waals surface area contributed by atoms with E-state index in [0.717, 1.165) is 11.1 Å². The minimum atomic E-state index is -3.05. The zero-order valence-electron chi connectivity index (χ0n) is 10.5. The van der Waals surface area contributed by atoms with Crippen molar-refractivity contribution in [2.45, 2.75) is 12.7 Å². The minimum absolute atomic E-state index is 0.0215. The van der Waals surface area contributed by atoms with Crippen molar-refractivity contribution in [3.05, 3.63) is 41.5 Å². The molecule has 1 aromatic rings. The first-order chi connectivity index (χ1) is 8.38. The summed E-state index contributed by atoms with van der Waals surface area (Å²) in [5.41, 5.74) is 1.62. The Morgan fingerprint density at radius 2 is 2.00 bits per heavy atom. The van der Waals surface area contributed by atoms with Gasteiger partial charge in [0.05, 0.1) is 5.75 Å². The smallest absolute Gasteiger partial charge is 0.217 e. The highest BCUT2D eigenvalue weighted by molar-refractivity contribution is 7.89. The van der Waals surface area contributed by atoms with E-state index in [0.29, 0.717) is 6.54 Å². The van der Waals surface area contributed by atoms with E-state index in [1.165, 1.54) is 13.2 Å². The fraction of sp³-hybridized carbons (Fsp3) is 0.308. The quantitative estimate of drug-likeness (QED) is 0.876. The predicted octanol–water partition coefficient (Wildman–Crippen LogP) is 1.38. The SMILES string of the molecule is CC(=O)NCC=Cc1ccccc1CS(C)(=O)=O. The van der Waals surface area contributed by atoms with E-state index in [1.807, 2.05) is 24.3 Å². The number of sulfone groups is 1. The van der Waals surface area contributed by atoms with Crippen molar-refractivity contribution in [2.75, 3.05) is 12.8 Å². The highest BCUT2D eigenvalue weighted by Crippen LogP contribution is 2.13. The molecule has 1 aromatic carbocycles. The van der Waals surface area contributed by atoms with E-state index in [2.05, 4.69) is 5.32 Å². The molecule has 0 saturated carbocycles. The molecule has 1 amide bonds. The molecule has 0 fully saturated rings. The Morgan fingerprint density at radius 3 is 2.61 bits per heavy atom. The molecule has 0 heterocycles. The molecule has 0 aliphatic heterocycles. The van der Waals surface area contributed by atoms with Gasteiger partial charge in [-0.15, -0.1) is 0 Å². The van der Waals surface area contributed by atoms with Crippen LogP contribution in [0.5, 0.6) is 0 Å². The lowest BCUT2D eigenvalue weighted by atomic mass is 10.1. The van der Waals surface area contributed by atoms with Gasteiger partial charge >= 0.3 is 0 Å². The van der Waals surface area contributed by atoms with Crippen LogP contribution < -0.4 is 5.32 Å². The standard InChI is InChI=1S/C13H17NO3S/c1-11(15)14-9-5-8-12-6-3-4-7-13(12)10-18(2,16)17/h3-8H,9-10H2,1-2H3,(H,14,15). The molecule has 4 nitrogen and oxygen atoms in total. The Kier molecular flexibility index (Phi) is 5.09. The van der Waals surface area contributed by atoms with Gasteiger partial charge in [0.1, 0.15) is 0 Å². The molecule has 0 unspecified atom stereocenters. The van der Waals surface area contributed by atoms with Crippen molar-refractivity contribution < 1.29 is 13.2 Å². The molecule has 0 aromatic heterocycles. The van der Waals surface area contributed by atoms with E-state index in [1.54, 1.807) is 12.1 Å². The Hall–Kier alpha value is -1.62. The van der Waals surface area contributed by atoms with Crippen LogP contribution in [-0.2, 0) is 20.4 Å². The van der Waals surface area contributed by atoms with Crippen LogP contribution in [0.25, 0.3) is 6.08 Å². The van der Waals surface area contributed by atoms with Gasteiger partial charge in [-0.3, -0.25) is 4.79 Å². The normalized spacial score (nSPS) is 11.7. The second kappa shape index (κ2) is 6.35. The van der Waals surface area contributed by atoms with Crippen LogP contribution in [0.1, 0.15) is 18.1 Å². The molecule has 0 aliphatic carbocycles. The van der Waals surface area contributed by atoms with Crippen molar-refractivity contribution in [2.24, 2.45) is 0 Å². The fourth-order valence-corrected chi connectivity index (χ4v) is 2.33. The summed E-state index contributed by atoms with van der Waals surface area (Å²) in [6.45, 7) is 1.88. The summed E-state index contributed by atoms with van der Waals surface area (Å²) in [4.78, 5) is 10.7. The monoisotopic (exact) mass is 267 g/mol. The summed E-state index contributed by atoms with van der Waals surface area (Å²) in [7, 11) is -3.05. The lowest BCUT2D eigenvalue weighted by molar-refractivity contribution is -0.118. The Balaban J connectivity index is 2.79. The van der Waals surface area contributed by atoms with Crippen molar-refractivity contribution >= 4 is 21.8 Å². The summed E-state index contributed by atoms with van der Waals surface area (Å²) in [6.07, 6.45) is 4.82. The first-order valence-electron chi connectivity index (χ1n) is 5.55. The average molecular weight is 267 g/mol. The molecule has 0 spiro atoms. The van der Waals surface area contributed by atoms with Crippen molar-refractivity contribution in [1.82, 2.24) is 5.32 Å². The molecule has 1 N–H and O–H groups in total. The number of hydrogen-bond acceptors (Lipinski definition) is 3. The molecule has 18 heavy (non-hydrogen) atoms. The second-order valence-electron chi connectivity index (χ2n) is 4.11. The maximum Gasteiger partial charge on any atom is 0.217 e. The van der Waals surface area contributed by atoms with Gasteiger partial charge in [0, 0.05) is 19.7 Å². The van der Waals surface area contributed by atoms with Gasteiger partial charge in [-0.2, -0.15) is 0 Å². The van der Waals surface area contributed by atoms with Gasteiger partial charge in [0.25, 0.3) is 0 Å². The number of rotatable bonds is 5. The Morgan fingerprint density at radius 1 is 1.33 bits per heavy atom. The van der Waals surface area contributed by atoms with Crippen LogP contribution in [-0.4, -0.2) is 27.1 Å². The summed E-state index contributed by atoms with van der Waals surface area (Å²) in [6, 6.07) is 7.30. The van der Waals surface area contributed by atoms with Crippen LogP contribution in [0.3, 0.4) is 0 Å². The van der Waals surface area contributed by atoms with Gasteiger partial charge in [-0.05, 0) is 11.1 Å². The van der Waals surface area contributed by atoms with Gasteiger partial charge in [0.15, 0.2) is 9.84 Å². The first-order valence-corrected chi connectivity index (χ1v) is 7.61. The largest absolute Gasteiger partial charge is 0.353 e. The Bertz CT molecular complexity index is 547. The van der Waals surface area contributed by atoms with E-state index in [9.17, 15) is 13.2 Å². The van der Waals surface area contributed by atoms with Crippen LogP contribution in [0, 0.1) is 0 Å². The van der Waals surface area contributed by atoms with Crippen LogP contribution in [0.15, 0.2) is 30.3 Å². The zero-order chi connectivity index (χ0) is 13.6. The number of benzene rings is 1. The molecule has 0 bridgehead atoms. The second-order valence-corrected chi connectivity index (χ2v) is 6.25. The molecule has 1 rings (SSSR count). The molecular formula is C13H17NO3S. The molecule has 0 saturated heterocycles. The van der Waals surface area contributed by atoms with E-state index < -0.39 is 9.84 Å². The topological polar surface area (TPSA) is 63.2 Å². The van der Waals surface area contributed by atoms with Crippen molar-refractivity contribution in [3.63, 3.8) is 0 Å². The fourth-order valence-electron chi connectivity index (χ4n) is 1.50. The van der Waals surface area contributed by atoms with Crippen LogP contribution >= 0.6 is 0 Å². The van der Waals surface area contributed by atoms with Gasteiger partial charge in [-0.1, -0.05) is 36.4 Å².